The van der Waals surface area contributed by atoms with Gasteiger partial charge in [0.25, 0.3) is 0 Å². The van der Waals surface area contributed by atoms with Crippen LogP contribution >= 0.6 is 0 Å². The number of aliphatic hydroxyl groups is 2. The molecule has 0 aromatic heterocycles. The molecule has 6 nitrogen and oxygen atoms in total. The molecule has 0 heterocycles. The van der Waals surface area contributed by atoms with Gasteiger partial charge in [-0.05, 0) is 0 Å². The summed E-state index contributed by atoms with van der Waals surface area (Å²) in [5.41, 5.74) is -0.937. The fourth-order valence-electron chi connectivity index (χ4n) is 0.831. The Kier molecular flexibility index (Phi) is 9.03. The second kappa shape index (κ2) is 7.96. The molecular formula is C9H19NO5Pb. The van der Waals surface area contributed by atoms with Gasteiger partial charge in [-0.1, -0.05) is 13.8 Å². The maximum absolute atomic E-state index is 11.3. The number of aliphatic carboxylic acids is 1. The number of hydrogen-bond donors (Lipinski definition) is 4. The summed E-state index contributed by atoms with van der Waals surface area (Å²) in [4.78, 5) is 21.4. The molecule has 94 valence electrons. The molecule has 0 aromatic rings. The number of amides is 1. The van der Waals surface area contributed by atoms with Crippen molar-refractivity contribution < 1.29 is 24.9 Å². The van der Waals surface area contributed by atoms with Crippen LogP contribution in [-0.4, -0.2) is 73.8 Å². The first-order valence-corrected chi connectivity index (χ1v) is 4.59. The zero-order chi connectivity index (χ0) is 12.1. The molecule has 4 N–H and O–H groups in total. The monoisotopic (exact) mass is 429 g/mol. The number of carboxylic acid groups (broad SMARTS) is 1. The molecule has 0 saturated carbocycles. The van der Waals surface area contributed by atoms with Gasteiger partial charge in [0.15, 0.2) is 0 Å². The Morgan fingerprint density at radius 3 is 2.25 bits per heavy atom. The number of rotatable bonds is 6. The van der Waals surface area contributed by atoms with E-state index in [0.29, 0.717) is 0 Å². The minimum atomic E-state index is -1.35. The second-order valence-corrected chi connectivity index (χ2v) is 3.98. The van der Waals surface area contributed by atoms with Crippen molar-refractivity contribution >= 4 is 39.2 Å². The van der Waals surface area contributed by atoms with Gasteiger partial charge in [0.1, 0.15) is 6.10 Å². The summed E-state index contributed by atoms with van der Waals surface area (Å²) in [7, 11) is 0. The molecule has 7 heteroatoms. The fraction of sp³-hybridized carbons (Fsp3) is 0.778. The normalized spacial score (nSPS) is 12.5. The summed E-state index contributed by atoms with van der Waals surface area (Å²) in [5.74, 6) is -1.69. The minimum absolute atomic E-state index is 0. The van der Waals surface area contributed by atoms with Gasteiger partial charge in [-0.3, -0.25) is 9.59 Å². The van der Waals surface area contributed by atoms with E-state index in [2.05, 4.69) is 5.32 Å². The van der Waals surface area contributed by atoms with E-state index < -0.39 is 23.4 Å². The number of carboxylic acids is 1. The molecule has 0 fully saturated rings. The Hall–Kier alpha value is -0.218. The van der Waals surface area contributed by atoms with Crippen molar-refractivity contribution in [3.8, 4) is 0 Å². The third kappa shape index (κ3) is 6.38. The predicted molar refractivity (Wildman–Crippen MR) is 60.7 cm³/mol. The average molecular weight is 428 g/mol. The van der Waals surface area contributed by atoms with Crippen LogP contribution in [0.2, 0.25) is 0 Å². The average Bonchev–Trinajstić information content (AvgIpc) is 2.15. The van der Waals surface area contributed by atoms with E-state index in [-0.39, 0.29) is 46.9 Å². The number of hydrogen-bond acceptors (Lipinski definition) is 4. The molecule has 0 rings (SSSR count). The number of aliphatic hydroxyl groups excluding tert-OH is 2. The van der Waals surface area contributed by atoms with Gasteiger partial charge in [-0.2, -0.15) is 0 Å². The molecule has 0 aliphatic rings. The Bertz CT molecular complexity index is 244. The molecular weight excluding hydrogens is 409 g/mol. The summed E-state index contributed by atoms with van der Waals surface area (Å²) in [6.45, 7) is 2.70. The number of carbonyl (C=O) groups excluding carboxylic acids is 1. The van der Waals surface area contributed by atoms with Crippen LogP contribution in [0.25, 0.3) is 0 Å². The number of nitrogens with one attached hydrogen (secondary N) is 1. The van der Waals surface area contributed by atoms with Crippen LogP contribution in [0.4, 0.5) is 0 Å². The third-order valence-corrected chi connectivity index (χ3v) is 2.03. The van der Waals surface area contributed by atoms with Crippen LogP contribution < -0.4 is 5.32 Å². The molecule has 2 radical (unpaired) electrons. The van der Waals surface area contributed by atoms with Crippen LogP contribution in [0.15, 0.2) is 0 Å². The van der Waals surface area contributed by atoms with Crippen LogP contribution in [0.1, 0.15) is 20.3 Å². The van der Waals surface area contributed by atoms with E-state index in [4.69, 9.17) is 10.2 Å². The van der Waals surface area contributed by atoms with Gasteiger partial charge in [0, 0.05) is 12.0 Å². The van der Waals surface area contributed by atoms with Gasteiger partial charge in [-0.15, -0.1) is 0 Å². The van der Waals surface area contributed by atoms with E-state index in [0.717, 1.165) is 0 Å². The standard InChI is InChI=1S/C9H17NO5.Pb.2H/c1-9(2,5-11)7(14)8(15)10-4-3-6(12)13;;;/h7,11,14H,3-5H2,1-2H3,(H,10,15)(H,12,13);;;. The molecule has 0 saturated heterocycles. The summed E-state index contributed by atoms with van der Waals surface area (Å²) in [6, 6.07) is 0. The van der Waals surface area contributed by atoms with Gasteiger partial charge >= 0.3 is 33.3 Å². The van der Waals surface area contributed by atoms with E-state index in [1.165, 1.54) is 13.8 Å². The summed E-state index contributed by atoms with van der Waals surface area (Å²) < 4.78 is 0. The van der Waals surface area contributed by atoms with Gasteiger partial charge in [0.05, 0.1) is 13.0 Å². The SMILES string of the molecule is CC(C)(CO)C(O)C(=O)NCCC(=O)O.[PbH2]. The van der Waals surface area contributed by atoms with E-state index in [1.54, 1.807) is 0 Å². The molecule has 0 aromatic carbocycles. The Balaban J connectivity index is 0. The van der Waals surface area contributed by atoms with Crippen LogP contribution in [0.3, 0.4) is 0 Å². The summed E-state index contributed by atoms with van der Waals surface area (Å²) in [6.07, 6.45) is -1.55. The molecule has 1 atom stereocenters. The molecule has 0 aliphatic heterocycles. The Labute approximate surface area is 114 Å². The molecule has 0 aliphatic carbocycles. The van der Waals surface area contributed by atoms with Gasteiger partial charge in [0.2, 0.25) is 5.91 Å². The van der Waals surface area contributed by atoms with E-state index in [1.807, 2.05) is 0 Å². The van der Waals surface area contributed by atoms with Crippen molar-refractivity contribution in [3.05, 3.63) is 0 Å². The van der Waals surface area contributed by atoms with E-state index in [9.17, 15) is 14.7 Å². The van der Waals surface area contributed by atoms with E-state index >= 15 is 0 Å². The molecule has 1 unspecified atom stereocenters. The zero-order valence-electron chi connectivity index (χ0n) is 9.56. The topological polar surface area (TPSA) is 107 Å². The quantitative estimate of drug-likeness (QED) is 0.368. The van der Waals surface area contributed by atoms with Crippen molar-refractivity contribution in [1.29, 1.82) is 0 Å². The van der Waals surface area contributed by atoms with Crippen molar-refractivity contribution in [2.75, 3.05) is 13.2 Å². The predicted octanol–water partition coefficient (Wildman–Crippen LogP) is -1.96. The summed E-state index contributed by atoms with van der Waals surface area (Å²) in [5, 5.41) is 29.0. The first-order valence-electron chi connectivity index (χ1n) is 4.59. The van der Waals surface area contributed by atoms with Crippen LogP contribution in [0, 0.1) is 5.41 Å². The third-order valence-electron chi connectivity index (χ3n) is 2.03. The molecule has 0 spiro atoms. The fourth-order valence-corrected chi connectivity index (χ4v) is 0.831. The Morgan fingerprint density at radius 2 is 1.88 bits per heavy atom. The first kappa shape index (κ1) is 18.2. The van der Waals surface area contributed by atoms with Crippen molar-refractivity contribution in [3.63, 3.8) is 0 Å². The van der Waals surface area contributed by atoms with Crippen molar-refractivity contribution in [2.24, 2.45) is 5.41 Å². The zero-order valence-corrected chi connectivity index (χ0v) is 15.1. The number of carbonyl (C=O) groups is 2. The van der Waals surface area contributed by atoms with Crippen LogP contribution in [-0.2, 0) is 9.59 Å². The molecule has 1 amide bonds. The second-order valence-electron chi connectivity index (χ2n) is 3.98. The molecule has 16 heavy (non-hydrogen) atoms. The van der Waals surface area contributed by atoms with Gasteiger partial charge < -0.3 is 20.6 Å². The van der Waals surface area contributed by atoms with Crippen LogP contribution in [0.5, 0.6) is 0 Å². The molecule has 0 bridgehead atoms. The van der Waals surface area contributed by atoms with Gasteiger partial charge in [-0.25, -0.2) is 0 Å². The Morgan fingerprint density at radius 1 is 1.38 bits per heavy atom. The van der Waals surface area contributed by atoms with Crippen molar-refractivity contribution in [2.45, 2.75) is 26.4 Å². The van der Waals surface area contributed by atoms with Crippen molar-refractivity contribution in [1.82, 2.24) is 5.32 Å². The summed E-state index contributed by atoms with van der Waals surface area (Å²) >= 11 is 0. The first-order chi connectivity index (χ1) is 6.81. The maximum atomic E-state index is 11.3.